The van der Waals surface area contributed by atoms with E-state index in [2.05, 4.69) is 15.2 Å². The van der Waals surface area contributed by atoms with Crippen LogP contribution in [0.1, 0.15) is 10.6 Å². The number of benzene rings is 1. The van der Waals surface area contributed by atoms with Gasteiger partial charge in [0.1, 0.15) is 18.2 Å². The van der Waals surface area contributed by atoms with Crippen molar-refractivity contribution in [2.24, 2.45) is 0 Å². The number of rotatable bonds is 4. The Bertz CT molecular complexity index is 1080. The van der Waals surface area contributed by atoms with Gasteiger partial charge in [-0.2, -0.15) is 5.10 Å². The lowest BCUT2D eigenvalue weighted by Crippen LogP contribution is -2.16. The molecule has 25 heavy (non-hydrogen) atoms. The predicted molar refractivity (Wildman–Crippen MR) is 92.4 cm³/mol. The molecule has 1 aromatic carbocycles. The van der Waals surface area contributed by atoms with Crippen molar-refractivity contribution in [1.29, 1.82) is 0 Å². The van der Waals surface area contributed by atoms with Crippen LogP contribution in [0.25, 0.3) is 16.3 Å². The van der Waals surface area contributed by atoms with E-state index in [0.29, 0.717) is 16.4 Å². The minimum absolute atomic E-state index is 0.133. The lowest BCUT2D eigenvalue weighted by atomic mass is 10.3. The summed E-state index contributed by atoms with van der Waals surface area (Å²) in [5.74, 6) is 0.189. The quantitative estimate of drug-likeness (QED) is 0.610. The molecule has 126 valence electrons. The average molecular weight is 356 g/mol. The molecular formula is C17H13FN4O2S. The summed E-state index contributed by atoms with van der Waals surface area (Å²) in [4.78, 5) is 18.6. The van der Waals surface area contributed by atoms with E-state index in [9.17, 15) is 9.18 Å². The smallest absolute Gasteiger partial charge is 0.259 e. The lowest BCUT2D eigenvalue weighted by Gasteiger charge is -2.06. The summed E-state index contributed by atoms with van der Waals surface area (Å²) in [6.45, 7) is 2.07. The lowest BCUT2D eigenvalue weighted by molar-refractivity contribution is 0.301. The Morgan fingerprint density at radius 1 is 1.28 bits per heavy atom. The first kappa shape index (κ1) is 15.5. The van der Waals surface area contributed by atoms with Crippen LogP contribution in [0.15, 0.2) is 47.4 Å². The van der Waals surface area contributed by atoms with Crippen LogP contribution in [-0.4, -0.2) is 19.6 Å². The normalized spacial score (nSPS) is 11.1. The zero-order chi connectivity index (χ0) is 17.4. The monoisotopic (exact) mass is 356 g/mol. The molecule has 6 nitrogen and oxygen atoms in total. The molecule has 0 unspecified atom stereocenters. The maximum absolute atomic E-state index is 12.9. The second kappa shape index (κ2) is 6.14. The highest BCUT2D eigenvalue weighted by Gasteiger charge is 2.15. The Hall–Kier alpha value is -3.00. The van der Waals surface area contributed by atoms with E-state index in [1.807, 2.05) is 13.0 Å². The van der Waals surface area contributed by atoms with Crippen molar-refractivity contribution in [3.63, 3.8) is 0 Å². The van der Waals surface area contributed by atoms with Gasteiger partial charge in [0.25, 0.3) is 5.56 Å². The highest BCUT2D eigenvalue weighted by Crippen LogP contribution is 2.28. The van der Waals surface area contributed by atoms with E-state index < -0.39 is 0 Å². The van der Waals surface area contributed by atoms with Gasteiger partial charge in [-0.05, 0) is 37.3 Å². The zero-order valence-corrected chi connectivity index (χ0v) is 14.0. The molecule has 0 fully saturated rings. The molecule has 0 amide bonds. The van der Waals surface area contributed by atoms with E-state index in [1.165, 1.54) is 41.7 Å². The van der Waals surface area contributed by atoms with Crippen molar-refractivity contribution in [2.75, 3.05) is 0 Å². The van der Waals surface area contributed by atoms with E-state index in [0.717, 1.165) is 16.3 Å². The number of ether oxygens (including phenoxy) is 1. The number of nitrogens with one attached hydrogen (secondary N) is 1. The first-order valence-corrected chi connectivity index (χ1v) is 8.33. The van der Waals surface area contributed by atoms with Gasteiger partial charge in [0.15, 0.2) is 4.96 Å². The number of aryl methyl sites for hydroxylation is 1. The number of thiazole rings is 1. The fourth-order valence-electron chi connectivity index (χ4n) is 2.58. The molecule has 0 aliphatic carbocycles. The highest BCUT2D eigenvalue weighted by molar-refractivity contribution is 7.17. The second-order valence-electron chi connectivity index (χ2n) is 5.42. The van der Waals surface area contributed by atoms with Crippen LogP contribution < -0.4 is 10.3 Å². The summed E-state index contributed by atoms with van der Waals surface area (Å²) >= 11 is 1.43. The van der Waals surface area contributed by atoms with Crippen molar-refractivity contribution >= 4 is 16.3 Å². The molecule has 3 aromatic heterocycles. The van der Waals surface area contributed by atoms with Crippen LogP contribution in [0.5, 0.6) is 5.75 Å². The van der Waals surface area contributed by atoms with Crippen molar-refractivity contribution in [2.45, 2.75) is 13.5 Å². The van der Waals surface area contributed by atoms with Crippen LogP contribution in [0.3, 0.4) is 0 Å². The van der Waals surface area contributed by atoms with Gasteiger partial charge in [-0.15, -0.1) is 11.3 Å². The average Bonchev–Trinajstić information content (AvgIpc) is 3.21. The van der Waals surface area contributed by atoms with Gasteiger partial charge in [0.2, 0.25) is 0 Å². The molecule has 4 rings (SSSR count). The number of H-pyrrole nitrogens is 1. The number of aromatic nitrogens is 4. The third-order valence-electron chi connectivity index (χ3n) is 3.70. The summed E-state index contributed by atoms with van der Waals surface area (Å²) in [5, 5.41) is 6.82. The molecule has 0 spiro atoms. The minimum Gasteiger partial charge on any atom is -0.487 e. The first-order valence-electron chi connectivity index (χ1n) is 7.52. The fraction of sp³-hybridized carbons (Fsp3) is 0.118. The van der Waals surface area contributed by atoms with Gasteiger partial charge in [0, 0.05) is 17.1 Å². The number of hydrogen-bond donors (Lipinski definition) is 1. The summed E-state index contributed by atoms with van der Waals surface area (Å²) in [5.41, 5.74) is 1.87. The van der Waals surface area contributed by atoms with Crippen LogP contribution in [0.4, 0.5) is 4.39 Å². The number of hydrogen-bond acceptors (Lipinski definition) is 5. The van der Waals surface area contributed by atoms with Crippen LogP contribution in [0.2, 0.25) is 0 Å². The molecule has 0 atom stereocenters. The highest BCUT2D eigenvalue weighted by atomic mass is 32.1. The molecule has 3 heterocycles. The van der Waals surface area contributed by atoms with Gasteiger partial charge < -0.3 is 4.74 Å². The van der Waals surface area contributed by atoms with Gasteiger partial charge in [-0.3, -0.25) is 9.89 Å². The molecular weight excluding hydrogens is 343 g/mol. The molecule has 0 aliphatic rings. The number of nitrogens with zero attached hydrogens (tertiary/aromatic N) is 3. The van der Waals surface area contributed by atoms with E-state index in [4.69, 9.17) is 4.74 Å². The minimum atomic E-state index is -0.328. The molecule has 0 saturated heterocycles. The second-order valence-corrected chi connectivity index (χ2v) is 6.61. The molecule has 0 radical (unpaired) electrons. The Balaban J connectivity index is 1.68. The van der Waals surface area contributed by atoms with Crippen molar-refractivity contribution < 1.29 is 9.13 Å². The molecule has 0 saturated carbocycles. The number of halogens is 1. The number of aromatic amines is 1. The van der Waals surface area contributed by atoms with Gasteiger partial charge in [-0.25, -0.2) is 13.8 Å². The summed E-state index contributed by atoms with van der Waals surface area (Å²) in [6, 6.07) is 8.97. The topological polar surface area (TPSA) is 72.3 Å². The van der Waals surface area contributed by atoms with Crippen molar-refractivity contribution in [3.05, 3.63) is 69.3 Å². The van der Waals surface area contributed by atoms with Gasteiger partial charge in [0.05, 0.1) is 17.1 Å². The molecule has 8 heteroatoms. The van der Waals surface area contributed by atoms with Crippen LogP contribution >= 0.6 is 11.3 Å². The molecule has 0 aliphatic heterocycles. The predicted octanol–water partition coefficient (Wildman–Crippen LogP) is 3.17. The van der Waals surface area contributed by atoms with Crippen molar-refractivity contribution in [1.82, 2.24) is 19.6 Å². The summed E-state index contributed by atoms with van der Waals surface area (Å²) < 4.78 is 20.1. The van der Waals surface area contributed by atoms with E-state index >= 15 is 0 Å². The van der Waals surface area contributed by atoms with Gasteiger partial charge >= 0.3 is 0 Å². The summed E-state index contributed by atoms with van der Waals surface area (Å²) in [6.07, 6.45) is 1.64. The third kappa shape index (κ3) is 2.91. The standard InChI is InChI=1S/C17H13FN4O2S/c1-10-16(14-6-7-19-21-14)22-15(23)8-12(20-17(22)25-10)9-24-13-4-2-11(18)3-5-13/h2-8H,9H2,1H3,(H,19,21). The number of fused-ring (bicyclic) bond motifs is 1. The fourth-order valence-corrected chi connectivity index (χ4v) is 3.59. The Labute approximate surface area is 145 Å². The van der Waals surface area contributed by atoms with E-state index in [1.54, 1.807) is 10.6 Å². The molecule has 4 aromatic rings. The van der Waals surface area contributed by atoms with Gasteiger partial charge in [-0.1, -0.05) is 0 Å². The third-order valence-corrected chi connectivity index (χ3v) is 4.65. The zero-order valence-electron chi connectivity index (χ0n) is 13.2. The molecule has 0 bridgehead atoms. The largest absolute Gasteiger partial charge is 0.487 e. The van der Waals surface area contributed by atoms with Crippen LogP contribution in [-0.2, 0) is 6.61 Å². The van der Waals surface area contributed by atoms with Crippen molar-refractivity contribution in [3.8, 4) is 17.1 Å². The van der Waals surface area contributed by atoms with Crippen LogP contribution in [0, 0.1) is 12.7 Å². The van der Waals surface area contributed by atoms with E-state index in [-0.39, 0.29) is 18.0 Å². The summed E-state index contributed by atoms with van der Waals surface area (Å²) in [7, 11) is 0. The molecule has 1 N–H and O–H groups in total. The SMILES string of the molecule is Cc1sc2nc(COc3ccc(F)cc3)cc(=O)n2c1-c1ccn[nH]1. The maximum Gasteiger partial charge on any atom is 0.259 e. The maximum atomic E-state index is 12.9. The Morgan fingerprint density at radius 2 is 2.08 bits per heavy atom. The Kier molecular flexibility index (Phi) is 3.81. The Morgan fingerprint density at radius 3 is 2.80 bits per heavy atom. The first-order chi connectivity index (χ1) is 12.1.